The van der Waals surface area contributed by atoms with Crippen molar-refractivity contribution in [2.24, 2.45) is 0 Å². The van der Waals surface area contributed by atoms with Crippen LogP contribution in [0, 0.1) is 13.8 Å². The molecule has 2 aromatic heterocycles. The predicted molar refractivity (Wildman–Crippen MR) is 114 cm³/mol. The summed E-state index contributed by atoms with van der Waals surface area (Å²) in [7, 11) is 0. The van der Waals surface area contributed by atoms with Gasteiger partial charge in [0.2, 0.25) is 0 Å². The molecule has 0 bridgehead atoms. The summed E-state index contributed by atoms with van der Waals surface area (Å²) >= 11 is 0. The maximum absolute atomic E-state index is 12.8. The van der Waals surface area contributed by atoms with Gasteiger partial charge in [-0.15, -0.1) is 0 Å². The first-order valence-corrected chi connectivity index (χ1v) is 10.9. The van der Waals surface area contributed by atoms with E-state index in [1.165, 1.54) is 37.8 Å². The summed E-state index contributed by atoms with van der Waals surface area (Å²) in [5.74, 6) is 0.969. The van der Waals surface area contributed by atoms with Gasteiger partial charge in [0.25, 0.3) is 5.91 Å². The van der Waals surface area contributed by atoms with E-state index in [0.717, 1.165) is 48.9 Å². The third-order valence-corrected chi connectivity index (χ3v) is 6.27. The standard InChI is InChI=1S/C23H32N4O2/c1-17-14-21(18(2)27(17)20-6-4-3-5-7-20)23(28)25-16-19-8-9-22(24-15-19)26-10-12-29-13-11-26/h8-9,14-15,20H,3-7,10-13,16H2,1-2H3,(H,25,28). The topological polar surface area (TPSA) is 59.4 Å². The molecule has 6 heteroatoms. The van der Waals surface area contributed by atoms with Crippen molar-refractivity contribution in [2.75, 3.05) is 31.2 Å². The SMILES string of the molecule is Cc1cc(C(=O)NCc2ccc(N3CCOCC3)nc2)c(C)n1C1CCCCC1. The lowest BCUT2D eigenvalue weighted by atomic mass is 9.95. The number of nitrogens with zero attached hydrogens (tertiary/aromatic N) is 3. The van der Waals surface area contributed by atoms with Crippen molar-refractivity contribution >= 4 is 11.7 Å². The molecule has 6 nitrogen and oxygen atoms in total. The van der Waals surface area contributed by atoms with Crippen LogP contribution in [0.3, 0.4) is 0 Å². The third kappa shape index (κ3) is 4.47. The summed E-state index contributed by atoms with van der Waals surface area (Å²) < 4.78 is 7.77. The van der Waals surface area contributed by atoms with E-state index < -0.39 is 0 Å². The molecule has 0 unspecified atom stereocenters. The summed E-state index contributed by atoms with van der Waals surface area (Å²) in [6, 6.07) is 6.66. The number of nitrogens with one attached hydrogen (secondary N) is 1. The maximum atomic E-state index is 12.8. The normalized spacial score (nSPS) is 18.1. The van der Waals surface area contributed by atoms with Crippen LogP contribution in [-0.4, -0.2) is 41.8 Å². The number of carbonyl (C=O) groups excluding carboxylic acids is 1. The zero-order valence-corrected chi connectivity index (χ0v) is 17.6. The van der Waals surface area contributed by atoms with Crippen molar-refractivity contribution < 1.29 is 9.53 Å². The van der Waals surface area contributed by atoms with E-state index in [-0.39, 0.29) is 5.91 Å². The number of carbonyl (C=O) groups is 1. The van der Waals surface area contributed by atoms with Gasteiger partial charge in [-0.05, 0) is 44.4 Å². The molecule has 1 aliphatic carbocycles. The molecule has 2 aliphatic rings. The molecular weight excluding hydrogens is 364 g/mol. The van der Waals surface area contributed by atoms with Gasteiger partial charge >= 0.3 is 0 Å². The molecule has 0 radical (unpaired) electrons. The van der Waals surface area contributed by atoms with E-state index in [2.05, 4.69) is 33.6 Å². The first-order valence-electron chi connectivity index (χ1n) is 10.9. The van der Waals surface area contributed by atoms with Crippen molar-refractivity contribution in [3.63, 3.8) is 0 Å². The first kappa shape index (κ1) is 20.0. The molecule has 1 amide bonds. The number of amides is 1. The zero-order valence-electron chi connectivity index (χ0n) is 17.6. The van der Waals surface area contributed by atoms with E-state index in [9.17, 15) is 4.79 Å². The highest BCUT2D eigenvalue weighted by Gasteiger charge is 2.22. The Morgan fingerprint density at radius 2 is 1.93 bits per heavy atom. The molecule has 3 heterocycles. The Balaban J connectivity index is 1.38. The lowest BCUT2D eigenvalue weighted by Crippen LogP contribution is -2.36. The molecule has 1 saturated heterocycles. The van der Waals surface area contributed by atoms with Crippen molar-refractivity contribution in [3.8, 4) is 0 Å². The zero-order chi connectivity index (χ0) is 20.2. The van der Waals surface area contributed by atoms with Gasteiger partial charge in [0.05, 0.1) is 18.8 Å². The Morgan fingerprint density at radius 3 is 2.62 bits per heavy atom. The van der Waals surface area contributed by atoms with Gasteiger partial charge in [-0.1, -0.05) is 25.3 Å². The Kier molecular flexibility index (Phi) is 6.19. The number of hydrogen-bond acceptors (Lipinski definition) is 4. The fraction of sp³-hybridized carbons (Fsp3) is 0.565. The Labute approximate surface area is 173 Å². The van der Waals surface area contributed by atoms with Crippen molar-refractivity contribution in [1.82, 2.24) is 14.9 Å². The second-order valence-electron chi connectivity index (χ2n) is 8.25. The van der Waals surface area contributed by atoms with Crippen LogP contribution in [0.5, 0.6) is 0 Å². The van der Waals surface area contributed by atoms with Crippen LogP contribution in [0.15, 0.2) is 24.4 Å². The van der Waals surface area contributed by atoms with Crippen molar-refractivity contribution in [1.29, 1.82) is 0 Å². The number of aromatic nitrogens is 2. The summed E-state index contributed by atoms with van der Waals surface area (Å²) in [6.45, 7) is 7.93. The van der Waals surface area contributed by atoms with Gasteiger partial charge in [0.15, 0.2) is 0 Å². The minimum Gasteiger partial charge on any atom is -0.378 e. The molecule has 2 fully saturated rings. The average Bonchev–Trinajstić information content (AvgIpc) is 3.07. The van der Waals surface area contributed by atoms with Crippen LogP contribution >= 0.6 is 0 Å². The van der Waals surface area contributed by atoms with E-state index in [4.69, 9.17) is 4.74 Å². The number of rotatable bonds is 5. The van der Waals surface area contributed by atoms with Crippen LogP contribution in [0.2, 0.25) is 0 Å². The number of anilines is 1. The molecule has 156 valence electrons. The fourth-order valence-corrected chi connectivity index (χ4v) is 4.69. The molecular formula is C23H32N4O2. The lowest BCUT2D eigenvalue weighted by molar-refractivity contribution is 0.0950. The van der Waals surface area contributed by atoms with Crippen molar-refractivity contribution in [3.05, 3.63) is 46.9 Å². The molecule has 0 spiro atoms. The number of morpholine rings is 1. The largest absolute Gasteiger partial charge is 0.378 e. The molecule has 4 rings (SSSR count). The molecule has 0 aromatic carbocycles. The molecule has 1 aliphatic heterocycles. The van der Waals surface area contributed by atoms with Gasteiger partial charge in [-0.25, -0.2) is 4.98 Å². The van der Waals surface area contributed by atoms with Gasteiger partial charge in [-0.2, -0.15) is 0 Å². The molecule has 1 saturated carbocycles. The summed E-state index contributed by atoms with van der Waals surface area (Å²) in [5.41, 5.74) is 4.09. The van der Waals surface area contributed by atoms with E-state index in [1.807, 2.05) is 24.4 Å². The second kappa shape index (κ2) is 8.99. The Bertz CT molecular complexity index is 831. The smallest absolute Gasteiger partial charge is 0.253 e. The van der Waals surface area contributed by atoms with Gasteiger partial charge in [0, 0.05) is 43.3 Å². The quantitative estimate of drug-likeness (QED) is 0.836. The van der Waals surface area contributed by atoms with Gasteiger partial charge < -0.3 is 19.5 Å². The number of pyridine rings is 1. The minimum atomic E-state index is -0.00239. The van der Waals surface area contributed by atoms with Crippen molar-refractivity contribution in [2.45, 2.75) is 58.5 Å². The third-order valence-electron chi connectivity index (χ3n) is 6.27. The number of hydrogen-bond donors (Lipinski definition) is 1. The van der Waals surface area contributed by atoms with Crippen LogP contribution < -0.4 is 10.2 Å². The Morgan fingerprint density at radius 1 is 1.17 bits per heavy atom. The predicted octanol–water partition coefficient (Wildman–Crippen LogP) is 3.77. The highest BCUT2D eigenvalue weighted by molar-refractivity contribution is 5.95. The number of ether oxygens (including phenoxy) is 1. The van der Waals surface area contributed by atoms with Gasteiger partial charge in [-0.3, -0.25) is 4.79 Å². The van der Waals surface area contributed by atoms with Crippen LogP contribution in [0.1, 0.15) is 65.5 Å². The lowest BCUT2D eigenvalue weighted by Gasteiger charge is -2.27. The summed E-state index contributed by atoms with van der Waals surface area (Å²) in [4.78, 5) is 19.6. The average molecular weight is 397 g/mol. The summed E-state index contributed by atoms with van der Waals surface area (Å²) in [5, 5.41) is 3.07. The molecule has 1 N–H and O–H groups in total. The Hall–Kier alpha value is -2.34. The van der Waals surface area contributed by atoms with E-state index in [1.54, 1.807) is 0 Å². The van der Waals surface area contributed by atoms with Gasteiger partial charge in [0.1, 0.15) is 5.82 Å². The first-order chi connectivity index (χ1) is 14.1. The summed E-state index contributed by atoms with van der Waals surface area (Å²) in [6.07, 6.45) is 8.21. The highest BCUT2D eigenvalue weighted by atomic mass is 16.5. The van der Waals surface area contributed by atoms with E-state index in [0.29, 0.717) is 12.6 Å². The monoisotopic (exact) mass is 396 g/mol. The molecule has 2 aromatic rings. The fourth-order valence-electron chi connectivity index (χ4n) is 4.69. The van der Waals surface area contributed by atoms with E-state index >= 15 is 0 Å². The van der Waals surface area contributed by atoms with Crippen LogP contribution in [0.25, 0.3) is 0 Å². The minimum absolute atomic E-state index is 0.00239. The molecule has 29 heavy (non-hydrogen) atoms. The second-order valence-corrected chi connectivity index (χ2v) is 8.25. The molecule has 0 atom stereocenters. The highest BCUT2D eigenvalue weighted by Crippen LogP contribution is 2.32. The van der Waals surface area contributed by atoms with Crippen LogP contribution in [0.4, 0.5) is 5.82 Å². The number of aryl methyl sites for hydroxylation is 1. The van der Waals surface area contributed by atoms with Crippen LogP contribution in [-0.2, 0) is 11.3 Å². The maximum Gasteiger partial charge on any atom is 0.253 e.